The summed E-state index contributed by atoms with van der Waals surface area (Å²) in [5, 5.41) is 6.91. The Labute approximate surface area is 211 Å². The maximum absolute atomic E-state index is 14.0. The summed E-state index contributed by atoms with van der Waals surface area (Å²) >= 11 is 0. The molecule has 0 saturated heterocycles. The standard InChI is InChI=1S/C26H26F2N4O5/c1-32(24(34)30-14-18-8-5-9-20(27)23(18)28)26(12-19(26)11-22(33)36-2)15-37-25(35)31-21-10-16-6-3-4-7-17(16)13-29-21/h3-10,13,19H,11-12,14-15H2,1-2H3,(H,30,34)(H,29,31,35). The maximum Gasteiger partial charge on any atom is 0.412 e. The van der Waals surface area contributed by atoms with E-state index >= 15 is 0 Å². The van der Waals surface area contributed by atoms with E-state index in [1.165, 1.54) is 31.2 Å². The number of urea groups is 1. The zero-order valence-corrected chi connectivity index (χ0v) is 20.3. The highest BCUT2D eigenvalue weighted by molar-refractivity contribution is 5.89. The number of rotatable bonds is 8. The number of fused-ring (bicyclic) bond motifs is 1. The number of aromatic nitrogens is 1. The average molecular weight is 513 g/mol. The van der Waals surface area contributed by atoms with Crippen LogP contribution in [-0.2, 0) is 20.8 Å². The number of hydrogen-bond donors (Lipinski definition) is 2. The summed E-state index contributed by atoms with van der Waals surface area (Å²) in [6.45, 7) is -0.453. The summed E-state index contributed by atoms with van der Waals surface area (Å²) < 4.78 is 37.6. The molecule has 37 heavy (non-hydrogen) atoms. The van der Waals surface area contributed by atoms with Gasteiger partial charge in [-0.25, -0.2) is 23.4 Å². The Kier molecular flexibility index (Phi) is 7.51. The largest absolute Gasteiger partial charge is 0.469 e. The van der Waals surface area contributed by atoms with Crippen LogP contribution in [0.2, 0.25) is 0 Å². The normalized spacial score (nSPS) is 18.1. The molecular formula is C26H26F2N4O5. The fourth-order valence-corrected chi connectivity index (χ4v) is 4.26. The lowest BCUT2D eigenvalue weighted by molar-refractivity contribution is -0.141. The molecule has 2 atom stereocenters. The van der Waals surface area contributed by atoms with Crippen molar-refractivity contribution >= 4 is 34.7 Å². The fraction of sp³-hybridized carbons (Fsp3) is 0.308. The second kappa shape index (κ2) is 10.8. The van der Waals surface area contributed by atoms with Crippen molar-refractivity contribution in [3.05, 3.63) is 71.9 Å². The molecule has 0 bridgehead atoms. The van der Waals surface area contributed by atoms with E-state index in [-0.39, 0.29) is 31.1 Å². The molecule has 9 nitrogen and oxygen atoms in total. The van der Waals surface area contributed by atoms with E-state index in [1.54, 1.807) is 12.3 Å². The van der Waals surface area contributed by atoms with Gasteiger partial charge in [0.25, 0.3) is 0 Å². The third-order valence-corrected chi connectivity index (χ3v) is 6.59. The molecule has 3 amide bonds. The second-order valence-electron chi connectivity index (χ2n) is 8.83. The number of carbonyl (C=O) groups is 3. The molecular weight excluding hydrogens is 486 g/mol. The van der Waals surface area contributed by atoms with Crippen LogP contribution in [0.15, 0.2) is 54.7 Å². The van der Waals surface area contributed by atoms with Gasteiger partial charge in [0.1, 0.15) is 12.4 Å². The number of amides is 3. The van der Waals surface area contributed by atoms with Crippen molar-refractivity contribution in [2.75, 3.05) is 26.1 Å². The molecule has 1 aromatic heterocycles. The van der Waals surface area contributed by atoms with E-state index in [0.717, 1.165) is 16.8 Å². The number of likely N-dealkylation sites (N-methyl/N-ethyl adjacent to an activating group) is 1. The molecule has 194 valence electrons. The van der Waals surface area contributed by atoms with Gasteiger partial charge in [0.15, 0.2) is 11.6 Å². The van der Waals surface area contributed by atoms with Crippen molar-refractivity contribution in [3.8, 4) is 0 Å². The van der Waals surface area contributed by atoms with Crippen LogP contribution in [0.25, 0.3) is 10.8 Å². The van der Waals surface area contributed by atoms with E-state index in [4.69, 9.17) is 9.47 Å². The number of halogens is 2. The molecule has 2 aromatic carbocycles. The summed E-state index contributed by atoms with van der Waals surface area (Å²) in [5.41, 5.74) is -0.997. The zero-order valence-electron chi connectivity index (χ0n) is 20.3. The van der Waals surface area contributed by atoms with Gasteiger partial charge in [0.2, 0.25) is 0 Å². The first kappa shape index (κ1) is 25.8. The Morgan fingerprint density at radius 3 is 2.65 bits per heavy atom. The minimum Gasteiger partial charge on any atom is -0.469 e. The Hall–Kier alpha value is -4.28. The summed E-state index contributed by atoms with van der Waals surface area (Å²) in [5.74, 6) is -2.56. The van der Waals surface area contributed by atoms with Gasteiger partial charge in [0.05, 0.1) is 19.1 Å². The van der Waals surface area contributed by atoms with Gasteiger partial charge < -0.3 is 19.7 Å². The Morgan fingerprint density at radius 1 is 1.14 bits per heavy atom. The highest BCUT2D eigenvalue weighted by Gasteiger charge is 2.60. The van der Waals surface area contributed by atoms with E-state index < -0.39 is 35.3 Å². The number of anilines is 1. The first-order chi connectivity index (χ1) is 17.7. The fourth-order valence-electron chi connectivity index (χ4n) is 4.26. The van der Waals surface area contributed by atoms with Crippen molar-refractivity contribution in [2.24, 2.45) is 5.92 Å². The lowest BCUT2D eigenvalue weighted by atomic mass is 10.1. The topological polar surface area (TPSA) is 110 Å². The van der Waals surface area contributed by atoms with Gasteiger partial charge in [-0.15, -0.1) is 0 Å². The zero-order chi connectivity index (χ0) is 26.6. The number of pyridine rings is 1. The quantitative estimate of drug-likeness (QED) is 0.438. The van der Waals surface area contributed by atoms with E-state index in [0.29, 0.717) is 12.2 Å². The molecule has 1 aliphatic carbocycles. The predicted octanol–water partition coefficient (Wildman–Crippen LogP) is 4.22. The number of hydrogen-bond acceptors (Lipinski definition) is 6. The first-order valence-electron chi connectivity index (χ1n) is 11.5. The smallest absolute Gasteiger partial charge is 0.412 e. The van der Waals surface area contributed by atoms with Crippen LogP contribution in [0, 0.1) is 17.6 Å². The van der Waals surface area contributed by atoms with E-state index in [9.17, 15) is 23.2 Å². The van der Waals surface area contributed by atoms with Crippen molar-refractivity contribution in [2.45, 2.75) is 24.9 Å². The van der Waals surface area contributed by atoms with Gasteiger partial charge >= 0.3 is 18.1 Å². The lowest BCUT2D eigenvalue weighted by Crippen LogP contribution is -2.49. The molecule has 2 N–H and O–H groups in total. The number of ether oxygens (including phenoxy) is 2. The molecule has 1 aliphatic rings. The lowest BCUT2D eigenvalue weighted by Gasteiger charge is -2.29. The summed E-state index contributed by atoms with van der Waals surface area (Å²) in [4.78, 5) is 42.8. The summed E-state index contributed by atoms with van der Waals surface area (Å²) in [6, 6.07) is 12.3. The highest BCUT2D eigenvalue weighted by atomic mass is 19.2. The SMILES string of the molecule is COC(=O)CC1CC1(COC(=O)Nc1cc2ccccc2cn1)N(C)C(=O)NCc1cccc(F)c1F. The van der Waals surface area contributed by atoms with Gasteiger partial charge in [0, 0.05) is 30.7 Å². The van der Waals surface area contributed by atoms with Gasteiger partial charge in [-0.1, -0.05) is 36.4 Å². The van der Waals surface area contributed by atoms with Gasteiger partial charge in [-0.3, -0.25) is 10.1 Å². The molecule has 0 spiro atoms. The molecule has 0 aliphatic heterocycles. The highest BCUT2D eigenvalue weighted by Crippen LogP contribution is 2.50. The predicted molar refractivity (Wildman–Crippen MR) is 131 cm³/mol. The summed E-state index contributed by atoms with van der Waals surface area (Å²) in [7, 11) is 2.75. The molecule has 0 radical (unpaired) electrons. The first-order valence-corrected chi connectivity index (χ1v) is 11.5. The van der Waals surface area contributed by atoms with Crippen molar-refractivity contribution < 1.29 is 32.6 Å². The van der Waals surface area contributed by atoms with Crippen LogP contribution in [0.5, 0.6) is 0 Å². The molecule has 1 saturated carbocycles. The van der Waals surface area contributed by atoms with Gasteiger partial charge in [-0.05, 0) is 29.9 Å². The van der Waals surface area contributed by atoms with Crippen LogP contribution < -0.4 is 10.6 Å². The van der Waals surface area contributed by atoms with Crippen molar-refractivity contribution in [1.29, 1.82) is 0 Å². The number of carbonyl (C=O) groups excluding carboxylic acids is 3. The Bertz CT molecular complexity index is 1340. The molecule has 11 heteroatoms. The molecule has 1 fully saturated rings. The third kappa shape index (κ3) is 5.76. The Morgan fingerprint density at radius 2 is 1.89 bits per heavy atom. The molecule has 4 rings (SSSR count). The van der Waals surface area contributed by atoms with Crippen molar-refractivity contribution in [3.63, 3.8) is 0 Å². The van der Waals surface area contributed by atoms with Crippen LogP contribution in [0.4, 0.5) is 24.2 Å². The number of esters is 1. The third-order valence-electron chi connectivity index (χ3n) is 6.59. The second-order valence-corrected chi connectivity index (χ2v) is 8.83. The average Bonchev–Trinajstić information content (AvgIpc) is 3.60. The monoisotopic (exact) mass is 512 g/mol. The van der Waals surface area contributed by atoms with E-state index in [1.807, 2.05) is 24.3 Å². The number of nitrogens with zero attached hydrogens (tertiary/aromatic N) is 2. The van der Waals surface area contributed by atoms with Crippen LogP contribution >= 0.6 is 0 Å². The van der Waals surface area contributed by atoms with Crippen molar-refractivity contribution in [1.82, 2.24) is 15.2 Å². The number of methoxy groups -OCH3 is 1. The maximum atomic E-state index is 14.0. The van der Waals surface area contributed by atoms with Gasteiger partial charge in [-0.2, -0.15) is 0 Å². The number of benzene rings is 2. The summed E-state index contributed by atoms with van der Waals surface area (Å²) in [6.07, 6.45) is 1.24. The van der Waals surface area contributed by atoms with Crippen LogP contribution in [-0.4, -0.2) is 54.3 Å². The molecule has 3 aromatic rings. The molecule has 2 unspecified atom stereocenters. The Balaban J connectivity index is 1.41. The van der Waals surface area contributed by atoms with E-state index in [2.05, 4.69) is 15.6 Å². The minimum atomic E-state index is -1.04. The molecule has 1 heterocycles. The number of nitrogens with one attached hydrogen (secondary N) is 2. The van der Waals surface area contributed by atoms with Crippen LogP contribution in [0.1, 0.15) is 18.4 Å². The van der Waals surface area contributed by atoms with Crippen LogP contribution in [0.3, 0.4) is 0 Å². The minimum absolute atomic E-state index is 0.0174.